The molecule has 0 radical (unpaired) electrons. The zero-order valence-electron chi connectivity index (χ0n) is 22.6. The number of rotatable bonds is 11. The third kappa shape index (κ3) is 8.15. The highest BCUT2D eigenvalue weighted by molar-refractivity contribution is 7.88. The van der Waals surface area contributed by atoms with Gasteiger partial charge in [0, 0.05) is 82.5 Å². The number of benzene rings is 1. The summed E-state index contributed by atoms with van der Waals surface area (Å²) in [5.74, 6) is 2.35. The minimum Gasteiger partial charge on any atom is -0.490 e. The number of piperidine rings is 1. The molecule has 208 valence electrons. The summed E-state index contributed by atoms with van der Waals surface area (Å²) in [6, 6.07) is 6.42. The Hall–Kier alpha value is -2.20. The number of hydrogen-bond acceptors (Lipinski definition) is 7. The van der Waals surface area contributed by atoms with E-state index in [2.05, 4.69) is 57.0 Å². The molecule has 1 aromatic carbocycles. The Kier molecular flexibility index (Phi) is 10.4. The molecule has 2 saturated heterocycles. The number of allylic oxidation sites excluding steroid dienone is 1. The van der Waals surface area contributed by atoms with E-state index in [0.29, 0.717) is 19.0 Å². The molecule has 0 saturated carbocycles. The number of nitrogens with zero attached hydrogens (tertiary/aromatic N) is 5. The summed E-state index contributed by atoms with van der Waals surface area (Å²) in [5.41, 5.74) is 3.43. The minimum absolute atomic E-state index is 0.145. The topological polar surface area (TPSA) is 78.9 Å². The minimum atomic E-state index is -3.12. The Balaban J connectivity index is 1.38. The Morgan fingerprint density at radius 3 is 2.39 bits per heavy atom. The van der Waals surface area contributed by atoms with Gasteiger partial charge in [0.2, 0.25) is 16.0 Å². The summed E-state index contributed by atoms with van der Waals surface area (Å²) in [7, 11) is -3.12. The lowest BCUT2D eigenvalue weighted by Crippen LogP contribution is -2.47. The number of piperazine rings is 1. The highest BCUT2D eigenvalue weighted by Gasteiger charge is 2.25. The molecule has 0 aliphatic carbocycles. The van der Waals surface area contributed by atoms with Gasteiger partial charge in [-0.2, -0.15) is 4.31 Å². The van der Waals surface area contributed by atoms with Gasteiger partial charge < -0.3 is 9.64 Å². The normalized spacial score (nSPS) is 18.3. The number of anilines is 1. The van der Waals surface area contributed by atoms with Crippen molar-refractivity contribution in [3.05, 3.63) is 53.4 Å². The van der Waals surface area contributed by atoms with Crippen LogP contribution in [0.25, 0.3) is 6.08 Å². The van der Waals surface area contributed by atoms with Gasteiger partial charge in [-0.1, -0.05) is 25.1 Å². The fourth-order valence-corrected chi connectivity index (χ4v) is 5.84. The van der Waals surface area contributed by atoms with Crippen LogP contribution in [-0.2, 0) is 23.0 Å². The molecule has 0 unspecified atom stereocenters. The van der Waals surface area contributed by atoms with Crippen molar-refractivity contribution in [3.63, 3.8) is 0 Å². The van der Waals surface area contributed by atoms with Crippen LogP contribution < -0.4 is 9.64 Å². The molecule has 4 rings (SSSR count). The number of unbranched alkanes of at least 4 members (excludes halogenated alkanes) is 1. The molecule has 1 aromatic heterocycles. The molecule has 2 aromatic rings. The van der Waals surface area contributed by atoms with Crippen molar-refractivity contribution in [1.82, 2.24) is 19.2 Å². The second-order valence-electron chi connectivity index (χ2n) is 10.1. The zero-order chi connectivity index (χ0) is 27.0. The van der Waals surface area contributed by atoms with Crippen LogP contribution in [0.15, 0.2) is 36.7 Å². The smallest absolute Gasteiger partial charge is 0.225 e. The van der Waals surface area contributed by atoms with E-state index in [1.54, 1.807) is 4.31 Å². The van der Waals surface area contributed by atoms with Crippen LogP contribution in [0.5, 0.6) is 5.75 Å². The molecular formula is C28H40ClN5O3S. The van der Waals surface area contributed by atoms with E-state index < -0.39 is 10.0 Å². The van der Waals surface area contributed by atoms with E-state index in [1.165, 1.54) is 11.8 Å². The fourth-order valence-electron chi connectivity index (χ4n) is 4.86. The predicted octanol–water partition coefficient (Wildman–Crippen LogP) is 4.20. The van der Waals surface area contributed by atoms with Crippen molar-refractivity contribution in [1.29, 1.82) is 0 Å². The predicted molar refractivity (Wildman–Crippen MR) is 154 cm³/mol. The summed E-state index contributed by atoms with van der Waals surface area (Å²) in [6.07, 6.45) is 14.2. The van der Waals surface area contributed by atoms with E-state index in [4.69, 9.17) is 16.3 Å². The third-order valence-electron chi connectivity index (χ3n) is 7.20. The molecular weight excluding hydrogens is 522 g/mol. The standard InChI is InChI=1S/C28H40ClN5O3S/c1-3-23-20-30-28(31-21-23)33-13-10-26(11-14-33)37-27-9-8-24(19-25(27)7-5-4-6-12-29)22-32-15-17-34(18-16-32)38(2,35)36/h5,7-9,19-21,26H,3-4,6,10-18,22H2,1-2H3/b7-5+. The van der Waals surface area contributed by atoms with E-state index in [1.807, 2.05) is 12.4 Å². The first-order valence-corrected chi connectivity index (χ1v) is 16.0. The van der Waals surface area contributed by atoms with Gasteiger partial charge in [-0.05, 0) is 42.5 Å². The first kappa shape index (κ1) is 28.8. The van der Waals surface area contributed by atoms with E-state index in [-0.39, 0.29) is 6.10 Å². The molecule has 2 aliphatic heterocycles. The second-order valence-corrected chi connectivity index (χ2v) is 12.5. The number of ether oxygens (including phenoxy) is 1. The van der Waals surface area contributed by atoms with Gasteiger partial charge in [-0.15, -0.1) is 11.6 Å². The SMILES string of the molecule is CCc1cnc(N2CCC(Oc3ccc(CN4CCN(S(C)(=O)=O)CC4)cc3/C=C/CCCCl)CC2)nc1. The van der Waals surface area contributed by atoms with E-state index in [0.717, 1.165) is 87.7 Å². The molecule has 2 fully saturated rings. The average Bonchev–Trinajstić information content (AvgIpc) is 2.93. The lowest BCUT2D eigenvalue weighted by atomic mass is 10.1. The average molecular weight is 562 g/mol. The molecule has 3 heterocycles. The Morgan fingerprint density at radius 2 is 1.76 bits per heavy atom. The summed E-state index contributed by atoms with van der Waals surface area (Å²) in [4.78, 5) is 13.6. The molecule has 2 aliphatic rings. The molecule has 8 nitrogen and oxygen atoms in total. The molecule has 0 N–H and O–H groups in total. The van der Waals surface area contributed by atoms with Crippen molar-refractivity contribution in [3.8, 4) is 5.75 Å². The lowest BCUT2D eigenvalue weighted by Gasteiger charge is -2.33. The van der Waals surface area contributed by atoms with Gasteiger partial charge in [0.05, 0.1) is 6.26 Å². The van der Waals surface area contributed by atoms with Crippen molar-refractivity contribution >= 4 is 33.6 Å². The summed E-state index contributed by atoms with van der Waals surface area (Å²) < 4.78 is 31.7. The van der Waals surface area contributed by atoms with Crippen molar-refractivity contribution in [2.24, 2.45) is 0 Å². The Labute approximate surface area is 232 Å². The molecule has 38 heavy (non-hydrogen) atoms. The highest BCUT2D eigenvalue weighted by atomic mass is 35.5. The van der Waals surface area contributed by atoms with Crippen LogP contribution >= 0.6 is 11.6 Å². The first-order chi connectivity index (χ1) is 18.4. The summed E-state index contributed by atoms with van der Waals surface area (Å²) >= 11 is 5.87. The van der Waals surface area contributed by atoms with Crippen LogP contribution in [0.1, 0.15) is 49.3 Å². The maximum atomic E-state index is 11.8. The highest BCUT2D eigenvalue weighted by Crippen LogP contribution is 2.27. The molecule has 0 bridgehead atoms. The zero-order valence-corrected chi connectivity index (χ0v) is 24.1. The first-order valence-electron chi connectivity index (χ1n) is 13.6. The number of alkyl halides is 1. The van der Waals surface area contributed by atoms with Gasteiger partial charge in [0.25, 0.3) is 0 Å². The Morgan fingerprint density at radius 1 is 1.05 bits per heavy atom. The number of aryl methyl sites for hydroxylation is 1. The lowest BCUT2D eigenvalue weighted by molar-refractivity contribution is 0.169. The molecule has 0 spiro atoms. The van der Waals surface area contributed by atoms with Crippen LogP contribution in [0.2, 0.25) is 0 Å². The van der Waals surface area contributed by atoms with Gasteiger partial charge in [0.15, 0.2) is 0 Å². The van der Waals surface area contributed by atoms with Crippen LogP contribution in [0.4, 0.5) is 5.95 Å². The van der Waals surface area contributed by atoms with Crippen LogP contribution in [-0.4, -0.2) is 85.1 Å². The summed E-state index contributed by atoms with van der Waals surface area (Å²) in [5, 5.41) is 0. The number of aromatic nitrogens is 2. The molecule has 0 amide bonds. The Bertz CT molecular complexity index is 1160. The maximum Gasteiger partial charge on any atom is 0.225 e. The second kappa shape index (κ2) is 13.7. The van der Waals surface area contributed by atoms with Gasteiger partial charge >= 0.3 is 0 Å². The van der Waals surface area contributed by atoms with Crippen molar-refractivity contribution < 1.29 is 13.2 Å². The van der Waals surface area contributed by atoms with E-state index in [9.17, 15) is 8.42 Å². The van der Waals surface area contributed by atoms with Gasteiger partial charge in [0.1, 0.15) is 11.9 Å². The van der Waals surface area contributed by atoms with E-state index >= 15 is 0 Å². The van der Waals surface area contributed by atoms with Gasteiger partial charge in [-0.25, -0.2) is 18.4 Å². The third-order valence-corrected chi connectivity index (χ3v) is 8.77. The number of hydrogen-bond donors (Lipinski definition) is 0. The molecule has 10 heteroatoms. The fraction of sp³-hybridized carbons (Fsp3) is 0.571. The largest absolute Gasteiger partial charge is 0.490 e. The van der Waals surface area contributed by atoms with Crippen molar-refractivity contribution in [2.45, 2.75) is 51.7 Å². The monoisotopic (exact) mass is 561 g/mol. The maximum absolute atomic E-state index is 11.8. The molecule has 0 atom stereocenters. The number of halogens is 1. The van der Waals surface area contributed by atoms with Crippen LogP contribution in [0, 0.1) is 0 Å². The van der Waals surface area contributed by atoms with Crippen molar-refractivity contribution in [2.75, 3.05) is 56.3 Å². The van der Waals surface area contributed by atoms with Gasteiger partial charge in [-0.3, -0.25) is 4.90 Å². The number of sulfonamides is 1. The van der Waals surface area contributed by atoms with Crippen LogP contribution in [0.3, 0.4) is 0 Å². The quantitative estimate of drug-likeness (QED) is 0.300. The summed E-state index contributed by atoms with van der Waals surface area (Å²) in [6.45, 7) is 7.18.